The molecule has 1 fully saturated rings. The number of aliphatic hydroxyl groups excluding tert-OH is 1. The Labute approximate surface area is 104 Å². The van der Waals surface area contributed by atoms with Crippen molar-refractivity contribution in [2.75, 3.05) is 19.7 Å². The predicted octanol–water partition coefficient (Wildman–Crippen LogP) is 1.19. The summed E-state index contributed by atoms with van der Waals surface area (Å²) in [6, 6.07) is 0. The van der Waals surface area contributed by atoms with Gasteiger partial charge >= 0.3 is 0 Å². The van der Waals surface area contributed by atoms with Crippen LogP contribution < -0.4 is 10.6 Å². The number of hydrogen-bond acceptors (Lipinski definition) is 3. The van der Waals surface area contributed by atoms with E-state index >= 15 is 0 Å². The topological polar surface area (TPSA) is 61.4 Å². The number of unbranched alkanes of at least 4 members (excludes halogenated alkanes) is 1. The van der Waals surface area contributed by atoms with Crippen molar-refractivity contribution < 1.29 is 9.90 Å². The van der Waals surface area contributed by atoms with Crippen LogP contribution in [0.2, 0.25) is 0 Å². The van der Waals surface area contributed by atoms with Gasteiger partial charge in [0.2, 0.25) is 5.91 Å². The lowest BCUT2D eigenvalue weighted by atomic mass is 9.82. The summed E-state index contributed by atoms with van der Waals surface area (Å²) in [6.07, 6.45) is 7.60. The lowest BCUT2D eigenvalue weighted by Gasteiger charge is -2.36. The predicted molar refractivity (Wildman–Crippen MR) is 68.8 cm³/mol. The summed E-state index contributed by atoms with van der Waals surface area (Å²) in [6.45, 7) is 3.32. The molecule has 4 nitrogen and oxygen atoms in total. The van der Waals surface area contributed by atoms with Crippen molar-refractivity contribution in [2.45, 2.75) is 57.4 Å². The number of nitrogens with one attached hydrogen (secondary N) is 2. The Morgan fingerprint density at radius 1 is 1.29 bits per heavy atom. The van der Waals surface area contributed by atoms with Crippen LogP contribution in [0.1, 0.15) is 51.9 Å². The summed E-state index contributed by atoms with van der Waals surface area (Å²) in [5.74, 6) is 0.0387. The highest BCUT2D eigenvalue weighted by Gasteiger charge is 2.30. The molecule has 4 heteroatoms. The van der Waals surface area contributed by atoms with E-state index in [9.17, 15) is 9.90 Å². The molecule has 0 aliphatic heterocycles. The Morgan fingerprint density at radius 2 is 2.00 bits per heavy atom. The molecule has 1 aliphatic rings. The van der Waals surface area contributed by atoms with Crippen molar-refractivity contribution in [1.82, 2.24) is 10.6 Å². The molecule has 0 heterocycles. The highest BCUT2D eigenvalue weighted by molar-refractivity contribution is 5.78. The molecule has 1 amide bonds. The van der Waals surface area contributed by atoms with Gasteiger partial charge in [-0.1, -0.05) is 32.6 Å². The third-order valence-corrected chi connectivity index (χ3v) is 3.59. The third-order valence-electron chi connectivity index (χ3n) is 3.59. The largest absolute Gasteiger partial charge is 0.394 e. The van der Waals surface area contributed by atoms with Crippen LogP contribution in [-0.2, 0) is 4.79 Å². The average molecular weight is 242 g/mol. The lowest BCUT2D eigenvalue weighted by Crippen LogP contribution is -2.53. The molecule has 17 heavy (non-hydrogen) atoms. The zero-order valence-corrected chi connectivity index (χ0v) is 10.9. The first-order valence-electron chi connectivity index (χ1n) is 6.85. The average Bonchev–Trinajstić information content (AvgIpc) is 2.38. The van der Waals surface area contributed by atoms with Gasteiger partial charge in [0.1, 0.15) is 0 Å². The quantitative estimate of drug-likeness (QED) is 0.588. The van der Waals surface area contributed by atoms with Crippen LogP contribution in [0.4, 0.5) is 0 Å². The molecule has 0 saturated heterocycles. The molecule has 100 valence electrons. The molecular formula is C13H26N2O2. The van der Waals surface area contributed by atoms with E-state index in [0.29, 0.717) is 6.54 Å². The van der Waals surface area contributed by atoms with Gasteiger partial charge in [-0.3, -0.25) is 4.79 Å². The molecule has 0 bridgehead atoms. The molecule has 1 aliphatic carbocycles. The van der Waals surface area contributed by atoms with Gasteiger partial charge in [-0.05, 0) is 19.3 Å². The van der Waals surface area contributed by atoms with Gasteiger partial charge in [0.05, 0.1) is 13.2 Å². The van der Waals surface area contributed by atoms with E-state index in [1.807, 2.05) is 0 Å². The van der Waals surface area contributed by atoms with Crippen molar-refractivity contribution in [2.24, 2.45) is 0 Å². The van der Waals surface area contributed by atoms with Crippen molar-refractivity contribution in [3.63, 3.8) is 0 Å². The molecule has 0 aromatic carbocycles. The second-order valence-corrected chi connectivity index (χ2v) is 5.06. The van der Waals surface area contributed by atoms with Crippen LogP contribution in [-0.4, -0.2) is 36.2 Å². The van der Waals surface area contributed by atoms with E-state index in [2.05, 4.69) is 17.6 Å². The van der Waals surface area contributed by atoms with Gasteiger partial charge in [-0.15, -0.1) is 0 Å². The fourth-order valence-electron chi connectivity index (χ4n) is 2.35. The first kappa shape index (κ1) is 14.5. The molecule has 0 aromatic heterocycles. The van der Waals surface area contributed by atoms with Gasteiger partial charge in [-0.2, -0.15) is 0 Å². The van der Waals surface area contributed by atoms with Crippen molar-refractivity contribution >= 4 is 5.91 Å². The van der Waals surface area contributed by atoms with Gasteiger partial charge in [0.15, 0.2) is 0 Å². The fourth-order valence-corrected chi connectivity index (χ4v) is 2.35. The SMILES string of the molecule is CCCCNC(=O)CNC1(CO)CCCCC1. The third kappa shape index (κ3) is 5.04. The number of amides is 1. The highest BCUT2D eigenvalue weighted by Crippen LogP contribution is 2.27. The Bertz CT molecular complexity index is 225. The number of rotatable bonds is 7. The van der Waals surface area contributed by atoms with Crippen LogP contribution >= 0.6 is 0 Å². The maximum absolute atomic E-state index is 11.6. The Kier molecular flexibility index (Phi) is 6.52. The van der Waals surface area contributed by atoms with E-state index in [4.69, 9.17) is 0 Å². The Hall–Kier alpha value is -0.610. The summed E-state index contributed by atoms with van der Waals surface area (Å²) in [4.78, 5) is 11.6. The van der Waals surface area contributed by atoms with Crippen molar-refractivity contribution in [3.8, 4) is 0 Å². The maximum Gasteiger partial charge on any atom is 0.233 e. The Balaban J connectivity index is 2.24. The number of hydrogen-bond donors (Lipinski definition) is 3. The standard InChI is InChI=1S/C13H26N2O2/c1-2-3-9-14-12(17)10-15-13(11-16)7-5-4-6-8-13/h15-16H,2-11H2,1H3,(H,14,17). The van der Waals surface area contributed by atoms with Crippen molar-refractivity contribution in [1.29, 1.82) is 0 Å². The first-order chi connectivity index (χ1) is 8.22. The second-order valence-electron chi connectivity index (χ2n) is 5.06. The minimum Gasteiger partial charge on any atom is -0.394 e. The normalized spacial score (nSPS) is 18.9. The van der Waals surface area contributed by atoms with Crippen LogP contribution in [0, 0.1) is 0 Å². The molecular weight excluding hydrogens is 216 g/mol. The highest BCUT2D eigenvalue weighted by atomic mass is 16.3. The molecule has 0 aromatic rings. The number of carbonyl (C=O) groups excluding carboxylic acids is 1. The molecule has 3 N–H and O–H groups in total. The second kappa shape index (κ2) is 7.67. The van der Waals surface area contributed by atoms with Crippen LogP contribution in [0.3, 0.4) is 0 Å². The lowest BCUT2D eigenvalue weighted by molar-refractivity contribution is -0.120. The van der Waals surface area contributed by atoms with Gasteiger partial charge in [-0.25, -0.2) is 0 Å². The summed E-state index contributed by atoms with van der Waals surface area (Å²) in [5.41, 5.74) is -0.208. The molecule has 0 atom stereocenters. The van der Waals surface area contributed by atoms with Crippen LogP contribution in [0.15, 0.2) is 0 Å². The Morgan fingerprint density at radius 3 is 2.59 bits per heavy atom. The molecule has 0 unspecified atom stereocenters. The van der Waals surface area contributed by atoms with E-state index in [-0.39, 0.29) is 18.1 Å². The minimum absolute atomic E-state index is 0.0387. The van der Waals surface area contributed by atoms with Crippen LogP contribution in [0.25, 0.3) is 0 Å². The van der Waals surface area contributed by atoms with Gasteiger partial charge in [0.25, 0.3) is 0 Å². The number of carbonyl (C=O) groups is 1. The van der Waals surface area contributed by atoms with E-state index in [0.717, 1.165) is 45.1 Å². The minimum atomic E-state index is -0.208. The van der Waals surface area contributed by atoms with Crippen molar-refractivity contribution in [3.05, 3.63) is 0 Å². The summed E-state index contributed by atoms with van der Waals surface area (Å²) in [7, 11) is 0. The summed E-state index contributed by atoms with van der Waals surface area (Å²) < 4.78 is 0. The zero-order valence-electron chi connectivity index (χ0n) is 10.9. The molecule has 0 spiro atoms. The van der Waals surface area contributed by atoms with E-state index < -0.39 is 0 Å². The smallest absolute Gasteiger partial charge is 0.233 e. The van der Waals surface area contributed by atoms with Crippen LogP contribution in [0.5, 0.6) is 0 Å². The number of aliphatic hydroxyl groups is 1. The maximum atomic E-state index is 11.6. The molecule has 1 rings (SSSR count). The monoisotopic (exact) mass is 242 g/mol. The summed E-state index contributed by atoms with van der Waals surface area (Å²) in [5, 5.41) is 15.6. The van der Waals surface area contributed by atoms with E-state index in [1.54, 1.807) is 0 Å². The van der Waals surface area contributed by atoms with Gasteiger partial charge in [0, 0.05) is 12.1 Å². The van der Waals surface area contributed by atoms with Gasteiger partial charge < -0.3 is 15.7 Å². The molecule has 1 saturated carbocycles. The summed E-state index contributed by atoms with van der Waals surface area (Å²) >= 11 is 0. The fraction of sp³-hybridized carbons (Fsp3) is 0.923. The molecule has 0 radical (unpaired) electrons. The first-order valence-corrected chi connectivity index (χ1v) is 6.85. The van der Waals surface area contributed by atoms with E-state index in [1.165, 1.54) is 6.42 Å². The zero-order chi connectivity index (χ0) is 12.6.